The van der Waals surface area contributed by atoms with Crippen LogP contribution in [0.15, 0.2) is 0 Å². The van der Waals surface area contributed by atoms with Gasteiger partial charge >= 0.3 is 0 Å². The first-order valence-corrected chi connectivity index (χ1v) is 7.37. The molecule has 2 heteroatoms. The average Bonchev–Trinajstić information content (AvgIpc) is 2.23. The molecule has 0 aliphatic carbocycles. The van der Waals surface area contributed by atoms with E-state index in [1.54, 1.807) is 0 Å². The molecule has 2 nitrogen and oxygen atoms in total. The molecular weight excluding hydrogens is 208 g/mol. The Morgan fingerprint density at radius 3 is 2.29 bits per heavy atom. The molecule has 0 aromatic heterocycles. The fraction of sp³-hybridized carbons (Fsp3) is 1.00. The predicted octanol–water partition coefficient (Wildman–Crippen LogP) is 3.42. The van der Waals surface area contributed by atoms with Crippen molar-refractivity contribution >= 4 is 0 Å². The molecule has 0 spiro atoms. The summed E-state index contributed by atoms with van der Waals surface area (Å²) in [6.07, 6.45) is 6.91. The molecule has 0 unspecified atom stereocenters. The van der Waals surface area contributed by atoms with Crippen molar-refractivity contribution in [3.8, 4) is 0 Å². The highest BCUT2D eigenvalue weighted by Gasteiger charge is 2.36. The molecule has 0 saturated carbocycles. The van der Waals surface area contributed by atoms with Crippen LogP contribution in [0, 0.1) is 0 Å². The van der Waals surface area contributed by atoms with Gasteiger partial charge in [-0.05, 0) is 40.7 Å². The summed E-state index contributed by atoms with van der Waals surface area (Å²) in [5.41, 5.74) is 0.596. The third-order valence-corrected chi connectivity index (χ3v) is 3.97. The Kier molecular flexibility index (Phi) is 5.46. The molecule has 1 fully saturated rings. The Morgan fingerprint density at radius 2 is 1.65 bits per heavy atom. The van der Waals surface area contributed by atoms with Gasteiger partial charge in [-0.3, -0.25) is 4.90 Å². The summed E-state index contributed by atoms with van der Waals surface area (Å²) >= 11 is 0. The number of nitrogens with one attached hydrogen (secondary N) is 1. The molecule has 1 aliphatic rings. The number of piperazine rings is 1. The van der Waals surface area contributed by atoms with E-state index in [2.05, 4.69) is 44.8 Å². The number of unbranched alkanes of at least 4 members (excludes halogenated alkanes) is 4. The van der Waals surface area contributed by atoms with Crippen LogP contribution in [-0.2, 0) is 0 Å². The summed E-state index contributed by atoms with van der Waals surface area (Å²) < 4.78 is 0. The van der Waals surface area contributed by atoms with Gasteiger partial charge in [-0.1, -0.05) is 32.6 Å². The first-order valence-electron chi connectivity index (χ1n) is 7.37. The third-order valence-electron chi connectivity index (χ3n) is 3.97. The molecule has 1 N–H and O–H groups in total. The average molecular weight is 240 g/mol. The SMILES string of the molecule is CCCCCCCN1CC(C)(C)NCC1(C)C. The van der Waals surface area contributed by atoms with Crippen molar-refractivity contribution in [1.29, 1.82) is 0 Å². The van der Waals surface area contributed by atoms with Gasteiger partial charge in [0.25, 0.3) is 0 Å². The third kappa shape index (κ3) is 4.97. The predicted molar refractivity (Wildman–Crippen MR) is 76.5 cm³/mol. The normalized spacial score (nSPS) is 23.8. The second-order valence-electron chi connectivity index (χ2n) is 6.89. The Hall–Kier alpha value is -0.0800. The molecule has 102 valence electrons. The number of hydrogen-bond donors (Lipinski definition) is 1. The molecule has 0 aromatic rings. The topological polar surface area (TPSA) is 15.3 Å². The summed E-state index contributed by atoms with van der Waals surface area (Å²) in [6.45, 7) is 15.2. The van der Waals surface area contributed by atoms with Crippen LogP contribution in [0.3, 0.4) is 0 Å². The molecule has 1 rings (SSSR count). The summed E-state index contributed by atoms with van der Waals surface area (Å²) in [7, 11) is 0. The monoisotopic (exact) mass is 240 g/mol. The summed E-state index contributed by atoms with van der Waals surface area (Å²) in [5, 5.41) is 3.65. The van der Waals surface area contributed by atoms with Gasteiger partial charge in [-0.25, -0.2) is 0 Å². The van der Waals surface area contributed by atoms with Gasteiger partial charge in [-0.15, -0.1) is 0 Å². The van der Waals surface area contributed by atoms with Crippen molar-refractivity contribution in [3.05, 3.63) is 0 Å². The van der Waals surface area contributed by atoms with Gasteiger partial charge in [0.05, 0.1) is 0 Å². The first kappa shape index (κ1) is 15.0. The fourth-order valence-corrected chi connectivity index (χ4v) is 2.60. The Bertz CT molecular complexity index is 221. The lowest BCUT2D eigenvalue weighted by Crippen LogP contribution is -2.66. The minimum atomic E-state index is 0.277. The summed E-state index contributed by atoms with van der Waals surface area (Å²) in [4.78, 5) is 2.68. The van der Waals surface area contributed by atoms with E-state index >= 15 is 0 Å². The molecule has 0 bridgehead atoms. The van der Waals surface area contributed by atoms with Crippen LogP contribution >= 0.6 is 0 Å². The number of hydrogen-bond acceptors (Lipinski definition) is 2. The van der Waals surface area contributed by atoms with Gasteiger partial charge in [-0.2, -0.15) is 0 Å². The smallest absolute Gasteiger partial charge is 0.0278 e. The highest BCUT2D eigenvalue weighted by molar-refractivity contribution is 4.97. The van der Waals surface area contributed by atoms with Gasteiger partial charge in [0, 0.05) is 24.2 Å². The number of nitrogens with zero attached hydrogens (tertiary/aromatic N) is 1. The lowest BCUT2D eigenvalue weighted by Gasteiger charge is -2.49. The number of rotatable bonds is 6. The molecule has 0 radical (unpaired) electrons. The largest absolute Gasteiger partial charge is 0.309 e. The highest BCUT2D eigenvalue weighted by atomic mass is 15.3. The van der Waals surface area contributed by atoms with E-state index in [4.69, 9.17) is 0 Å². The maximum Gasteiger partial charge on any atom is 0.0278 e. The van der Waals surface area contributed by atoms with Crippen LogP contribution in [0.5, 0.6) is 0 Å². The van der Waals surface area contributed by atoms with E-state index in [1.165, 1.54) is 45.2 Å². The summed E-state index contributed by atoms with van der Waals surface area (Å²) in [6, 6.07) is 0. The van der Waals surface area contributed by atoms with Crippen LogP contribution in [0.2, 0.25) is 0 Å². The molecule has 0 aromatic carbocycles. The molecular formula is C15H32N2. The van der Waals surface area contributed by atoms with Crippen molar-refractivity contribution in [3.63, 3.8) is 0 Å². The highest BCUT2D eigenvalue weighted by Crippen LogP contribution is 2.23. The van der Waals surface area contributed by atoms with E-state index < -0.39 is 0 Å². The summed E-state index contributed by atoms with van der Waals surface area (Å²) in [5.74, 6) is 0. The zero-order chi connectivity index (χ0) is 12.9. The van der Waals surface area contributed by atoms with E-state index in [0.717, 1.165) is 6.54 Å². The lowest BCUT2D eigenvalue weighted by atomic mass is 9.91. The second kappa shape index (κ2) is 6.19. The second-order valence-corrected chi connectivity index (χ2v) is 6.89. The van der Waals surface area contributed by atoms with Crippen molar-refractivity contribution in [2.24, 2.45) is 0 Å². The Labute approximate surface area is 108 Å². The van der Waals surface area contributed by atoms with Crippen molar-refractivity contribution in [2.75, 3.05) is 19.6 Å². The van der Waals surface area contributed by atoms with Crippen LogP contribution in [0.1, 0.15) is 66.7 Å². The maximum atomic E-state index is 3.65. The van der Waals surface area contributed by atoms with Crippen molar-refractivity contribution in [1.82, 2.24) is 10.2 Å². The molecule has 17 heavy (non-hydrogen) atoms. The van der Waals surface area contributed by atoms with Crippen LogP contribution in [0.25, 0.3) is 0 Å². The minimum Gasteiger partial charge on any atom is -0.309 e. The van der Waals surface area contributed by atoms with Crippen LogP contribution in [-0.4, -0.2) is 35.6 Å². The minimum absolute atomic E-state index is 0.277. The van der Waals surface area contributed by atoms with Crippen molar-refractivity contribution in [2.45, 2.75) is 77.8 Å². The standard InChI is InChI=1S/C15H32N2/c1-6-7-8-9-10-11-17-13-14(2,3)16-12-15(17,4)5/h16H,6-13H2,1-5H3. The quantitative estimate of drug-likeness (QED) is 0.716. The van der Waals surface area contributed by atoms with Gasteiger partial charge in [0.1, 0.15) is 0 Å². The van der Waals surface area contributed by atoms with Crippen LogP contribution < -0.4 is 5.32 Å². The van der Waals surface area contributed by atoms with Gasteiger partial charge < -0.3 is 5.32 Å². The van der Waals surface area contributed by atoms with Crippen molar-refractivity contribution < 1.29 is 0 Å². The molecule has 1 heterocycles. The van der Waals surface area contributed by atoms with Crippen LogP contribution in [0.4, 0.5) is 0 Å². The molecule has 1 saturated heterocycles. The van der Waals surface area contributed by atoms with Gasteiger partial charge in [0.2, 0.25) is 0 Å². The van der Waals surface area contributed by atoms with E-state index in [9.17, 15) is 0 Å². The van der Waals surface area contributed by atoms with E-state index in [1.807, 2.05) is 0 Å². The van der Waals surface area contributed by atoms with Gasteiger partial charge in [0.15, 0.2) is 0 Å². The van der Waals surface area contributed by atoms with E-state index in [-0.39, 0.29) is 5.54 Å². The molecule has 0 atom stereocenters. The molecule has 0 amide bonds. The maximum absolute atomic E-state index is 3.65. The first-order chi connectivity index (χ1) is 7.87. The molecule has 1 aliphatic heterocycles. The zero-order valence-corrected chi connectivity index (χ0v) is 12.6. The Morgan fingerprint density at radius 1 is 1.00 bits per heavy atom. The van der Waals surface area contributed by atoms with E-state index in [0.29, 0.717) is 5.54 Å². The zero-order valence-electron chi connectivity index (χ0n) is 12.6. The Balaban J connectivity index is 2.33. The fourth-order valence-electron chi connectivity index (χ4n) is 2.60. The lowest BCUT2D eigenvalue weighted by molar-refractivity contribution is 0.0379.